The molecule has 0 bridgehead atoms. The van der Waals surface area contributed by atoms with E-state index >= 15 is 0 Å². The van der Waals surface area contributed by atoms with Gasteiger partial charge in [0, 0.05) is 6.54 Å². The summed E-state index contributed by atoms with van der Waals surface area (Å²) in [5.74, 6) is -0.651. The molecule has 0 saturated carbocycles. The van der Waals surface area contributed by atoms with Gasteiger partial charge < -0.3 is 10.1 Å². The van der Waals surface area contributed by atoms with Gasteiger partial charge in [0.2, 0.25) is 0 Å². The number of anilines is 1. The fourth-order valence-electron chi connectivity index (χ4n) is 1.87. The molecule has 112 valence electrons. The predicted octanol–water partition coefficient (Wildman–Crippen LogP) is 4.64. The maximum absolute atomic E-state index is 13.0. The lowest BCUT2D eigenvalue weighted by Crippen LogP contribution is -2.18. The Morgan fingerprint density at radius 2 is 1.81 bits per heavy atom. The van der Waals surface area contributed by atoms with E-state index in [1.165, 1.54) is 30.3 Å². The van der Waals surface area contributed by atoms with Crippen molar-refractivity contribution in [2.75, 3.05) is 5.32 Å². The van der Waals surface area contributed by atoms with Crippen LogP contribution >= 0.6 is 0 Å². The minimum Gasteiger partial charge on any atom is -0.404 e. The number of hydrogen-bond acceptors (Lipinski definition) is 2. The smallest absolute Gasteiger partial charge is 0.404 e. The fourth-order valence-corrected chi connectivity index (χ4v) is 1.87. The van der Waals surface area contributed by atoms with Crippen molar-refractivity contribution >= 4 is 5.69 Å². The van der Waals surface area contributed by atoms with E-state index in [0.29, 0.717) is 0 Å². The largest absolute Gasteiger partial charge is 0.573 e. The standard InChI is InChI=1S/C15H13F4NO/c1-10-8-12(16)7-6-11(10)9-20-13-4-2-3-5-14(13)21-15(17,18)19/h2-8,20H,9H2,1H3. The van der Waals surface area contributed by atoms with Crippen molar-refractivity contribution in [3.8, 4) is 5.75 Å². The molecule has 0 aromatic heterocycles. The molecule has 0 unspecified atom stereocenters. The molecule has 0 spiro atoms. The number of rotatable bonds is 4. The summed E-state index contributed by atoms with van der Waals surface area (Å²) in [6, 6.07) is 10.0. The van der Waals surface area contributed by atoms with Crippen LogP contribution in [-0.4, -0.2) is 6.36 Å². The van der Waals surface area contributed by atoms with Crippen molar-refractivity contribution in [2.45, 2.75) is 19.8 Å². The molecule has 2 rings (SSSR count). The van der Waals surface area contributed by atoms with Gasteiger partial charge in [-0.05, 0) is 42.3 Å². The van der Waals surface area contributed by atoms with Crippen LogP contribution in [0.3, 0.4) is 0 Å². The summed E-state index contributed by atoms with van der Waals surface area (Å²) in [5.41, 5.74) is 1.73. The monoisotopic (exact) mass is 299 g/mol. The Balaban J connectivity index is 2.13. The van der Waals surface area contributed by atoms with Crippen molar-refractivity contribution in [2.24, 2.45) is 0 Å². The van der Waals surface area contributed by atoms with E-state index in [1.54, 1.807) is 19.1 Å². The number of halogens is 4. The molecular formula is C15H13F4NO. The van der Waals surface area contributed by atoms with Crippen LogP contribution in [0.25, 0.3) is 0 Å². The summed E-state index contributed by atoms with van der Waals surface area (Å²) in [6.07, 6.45) is -4.75. The second kappa shape index (κ2) is 6.03. The van der Waals surface area contributed by atoms with Gasteiger partial charge in [0.1, 0.15) is 5.82 Å². The van der Waals surface area contributed by atoms with Gasteiger partial charge in [-0.15, -0.1) is 13.2 Å². The highest BCUT2D eigenvalue weighted by atomic mass is 19.4. The lowest BCUT2D eigenvalue weighted by atomic mass is 10.1. The number of nitrogens with one attached hydrogen (secondary N) is 1. The maximum Gasteiger partial charge on any atom is 0.573 e. The van der Waals surface area contributed by atoms with Gasteiger partial charge in [0.15, 0.2) is 5.75 Å². The molecule has 0 saturated heterocycles. The highest BCUT2D eigenvalue weighted by molar-refractivity contribution is 5.56. The highest BCUT2D eigenvalue weighted by Gasteiger charge is 2.32. The quantitative estimate of drug-likeness (QED) is 0.830. The van der Waals surface area contributed by atoms with Crippen molar-refractivity contribution in [3.63, 3.8) is 0 Å². The van der Waals surface area contributed by atoms with Crippen LogP contribution in [0.1, 0.15) is 11.1 Å². The molecule has 2 aromatic carbocycles. The Kier molecular flexibility index (Phi) is 4.35. The molecule has 0 aliphatic heterocycles. The van der Waals surface area contributed by atoms with Crippen molar-refractivity contribution in [3.05, 3.63) is 59.4 Å². The molecule has 2 nitrogen and oxygen atoms in total. The van der Waals surface area contributed by atoms with Gasteiger partial charge >= 0.3 is 6.36 Å². The fraction of sp³-hybridized carbons (Fsp3) is 0.200. The van der Waals surface area contributed by atoms with E-state index in [1.807, 2.05) is 0 Å². The minimum atomic E-state index is -4.75. The molecule has 6 heteroatoms. The first-order chi connectivity index (χ1) is 9.85. The summed E-state index contributed by atoms with van der Waals surface area (Å²) in [7, 11) is 0. The molecule has 0 amide bonds. The average Bonchev–Trinajstić information content (AvgIpc) is 2.37. The summed E-state index contributed by atoms with van der Waals surface area (Å²) in [4.78, 5) is 0. The van der Waals surface area contributed by atoms with E-state index in [4.69, 9.17) is 0 Å². The van der Waals surface area contributed by atoms with Gasteiger partial charge in [-0.3, -0.25) is 0 Å². The lowest BCUT2D eigenvalue weighted by Gasteiger charge is -2.15. The van der Waals surface area contributed by atoms with Crippen LogP contribution in [0.2, 0.25) is 0 Å². The zero-order valence-electron chi connectivity index (χ0n) is 11.2. The average molecular weight is 299 g/mol. The summed E-state index contributed by atoms with van der Waals surface area (Å²) in [5, 5.41) is 2.86. The van der Waals surface area contributed by atoms with Gasteiger partial charge in [-0.1, -0.05) is 18.2 Å². The molecule has 0 heterocycles. The number of para-hydroxylation sites is 2. The number of hydrogen-bond donors (Lipinski definition) is 1. The summed E-state index contributed by atoms with van der Waals surface area (Å²) >= 11 is 0. The normalized spacial score (nSPS) is 11.3. The van der Waals surface area contributed by atoms with Gasteiger partial charge in [-0.2, -0.15) is 0 Å². The van der Waals surface area contributed by atoms with Crippen molar-refractivity contribution in [1.29, 1.82) is 0 Å². The van der Waals surface area contributed by atoms with E-state index < -0.39 is 6.36 Å². The predicted molar refractivity (Wildman–Crippen MR) is 71.6 cm³/mol. The van der Waals surface area contributed by atoms with E-state index in [9.17, 15) is 17.6 Å². The first kappa shape index (κ1) is 15.2. The van der Waals surface area contributed by atoms with Crippen molar-refractivity contribution < 1.29 is 22.3 Å². The third-order valence-corrected chi connectivity index (χ3v) is 2.89. The van der Waals surface area contributed by atoms with Gasteiger partial charge in [-0.25, -0.2) is 4.39 Å². The molecular weight excluding hydrogens is 286 g/mol. The molecule has 2 aromatic rings. The first-order valence-electron chi connectivity index (χ1n) is 6.19. The first-order valence-corrected chi connectivity index (χ1v) is 6.19. The molecule has 21 heavy (non-hydrogen) atoms. The molecule has 0 aliphatic carbocycles. The zero-order valence-corrected chi connectivity index (χ0v) is 11.2. The molecule has 0 atom stereocenters. The number of alkyl halides is 3. The Morgan fingerprint density at radius 1 is 1.10 bits per heavy atom. The molecule has 0 aliphatic rings. The van der Waals surface area contributed by atoms with E-state index in [-0.39, 0.29) is 23.8 Å². The van der Waals surface area contributed by atoms with Gasteiger partial charge in [0.05, 0.1) is 5.69 Å². The maximum atomic E-state index is 13.0. The Morgan fingerprint density at radius 3 is 2.48 bits per heavy atom. The van der Waals surface area contributed by atoms with Gasteiger partial charge in [0.25, 0.3) is 0 Å². The van der Waals surface area contributed by atoms with Crippen molar-refractivity contribution in [1.82, 2.24) is 0 Å². The minimum absolute atomic E-state index is 0.221. The number of benzene rings is 2. The van der Waals surface area contributed by atoms with E-state index in [2.05, 4.69) is 10.1 Å². The Labute approximate surface area is 119 Å². The second-order valence-corrected chi connectivity index (χ2v) is 4.47. The van der Waals surface area contributed by atoms with Crippen LogP contribution in [0.5, 0.6) is 5.75 Å². The SMILES string of the molecule is Cc1cc(F)ccc1CNc1ccccc1OC(F)(F)F. The second-order valence-electron chi connectivity index (χ2n) is 4.47. The third-order valence-electron chi connectivity index (χ3n) is 2.89. The summed E-state index contributed by atoms with van der Waals surface area (Å²) in [6.45, 7) is 2.00. The molecule has 1 N–H and O–H groups in total. The summed E-state index contributed by atoms with van der Waals surface area (Å²) < 4.78 is 53.8. The zero-order chi connectivity index (χ0) is 15.5. The highest BCUT2D eigenvalue weighted by Crippen LogP contribution is 2.30. The Bertz CT molecular complexity index is 625. The Hall–Kier alpha value is -2.24. The lowest BCUT2D eigenvalue weighted by molar-refractivity contribution is -0.274. The van der Waals surface area contributed by atoms with E-state index in [0.717, 1.165) is 11.1 Å². The van der Waals surface area contributed by atoms with Crippen LogP contribution < -0.4 is 10.1 Å². The van der Waals surface area contributed by atoms with Crippen LogP contribution in [-0.2, 0) is 6.54 Å². The topological polar surface area (TPSA) is 21.3 Å². The van der Waals surface area contributed by atoms with Crippen LogP contribution in [0, 0.1) is 12.7 Å². The van der Waals surface area contributed by atoms with Crippen LogP contribution in [0.15, 0.2) is 42.5 Å². The van der Waals surface area contributed by atoms with Crippen LogP contribution in [0.4, 0.5) is 23.2 Å². The molecule has 0 fully saturated rings. The number of aryl methyl sites for hydroxylation is 1. The number of ether oxygens (including phenoxy) is 1. The molecule has 0 radical (unpaired) electrons. The third kappa shape index (κ3) is 4.37.